The van der Waals surface area contributed by atoms with E-state index < -0.39 is 0 Å². The van der Waals surface area contributed by atoms with Gasteiger partial charge in [0.25, 0.3) is 5.91 Å². The van der Waals surface area contributed by atoms with Gasteiger partial charge in [0, 0.05) is 13.5 Å². The molecule has 2 heterocycles. The van der Waals surface area contributed by atoms with Crippen molar-refractivity contribution in [3.8, 4) is 0 Å². The second-order valence-corrected chi connectivity index (χ2v) is 3.95. The Morgan fingerprint density at radius 1 is 1.39 bits per heavy atom. The molecule has 2 rings (SSSR count). The first-order chi connectivity index (χ1) is 8.70. The summed E-state index contributed by atoms with van der Waals surface area (Å²) >= 11 is 0. The van der Waals surface area contributed by atoms with Crippen LogP contribution in [0.4, 0.5) is 0 Å². The van der Waals surface area contributed by atoms with Gasteiger partial charge in [0.2, 0.25) is 5.82 Å². The van der Waals surface area contributed by atoms with E-state index in [9.17, 15) is 4.79 Å². The largest absolute Gasteiger partial charge is 0.331 e. The molecule has 0 atom stereocenters. The van der Waals surface area contributed by atoms with Crippen molar-refractivity contribution in [2.24, 2.45) is 0 Å². The Hall–Kier alpha value is -2.25. The number of hydrogen-bond acceptors (Lipinski definition) is 5. The van der Waals surface area contributed by atoms with Gasteiger partial charge in [0.05, 0.1) is 6.54 Å². The van der Waals surface area contributed by atoms with Crippen molar-refractivity contribution >= 4 is 5.91 Å². The molecule has 2 N–H and O–H groups in total. The lowest BCUT2D eigenvalue weighted by Gasteiger charge is -2.12. The molecule has 2 aromatic heterocycles. The van der Waals surface area contributed by atoms with Crippen LogP contribution < -0.4 is 0 Å². The molecule has 0 radical (unpaired) electrons. The molecule has 0 unspecified atom stereocenters. The Balaban J connectivity index is 2.01. The van der Waals surface area contributed by atoms with E-state index in [0.717, 1.165) is 18.7 Å². The lowest BCUT2D eigenvalue weighted by Crippen LogP contribution is -2.27. The third-order valence-electron chi connectivity index (χ3n) is 2.41. The van der Waals surface area contributed by atoms with E-state index in [0.29, 0.717) is 12.4 Å². The first-order valence-corrected chi connectivity index (χ1v) is 5.71. The predicted molar refractivity (Wildman–Crippen MR) is 62.6 cm³/mol. The standard InChI is InChI=1S/C10H15N7O/c1-3-4-7-13-9(16-15-7)10(18)17(2)5-8-11-6-12-14-8/h6H,3-5H2,1-2H3,(H,11,12,14)(H,13,15,16). The third-order valence-corrected chi connectivity index (χ3v) is 2.41. The molecule has 0 saturated carbocycles. The van der Waals surface area contributed by atoms with E-state index in [2.05, 4.69) is 30.4 Å². The lowest BCUT2D eigenvalue weighted by atomic mass is 10.3. The highest BCUT2D eigenvalue weighted by atomic mass is 16.2. The summed E-state index contributed by atoms with van der Waals surface area (Å²) < 4.78 is 0. The quantitative estimate of drug-likeness (QED) is 0.784. The average molecular weight is 249 g/mol. The van der Waals surface area contributed by atoms with Gasteiger partial charge in [-0.05, 0) is 6.42 Å². The minimum atomic E-state index is -0.245. The fourth-order valence-electron chi connectivity index (χ4n) is 1.51. The van der Waals surface area contributed by atoms with Crippen LogP contribution in [0.1, 0.15) is 35.6 Å². The van der Waals surface area contributed by atoms with Gasteiger partial charge in [0.15, 0.2) is 0 Å². The van der Waals surface area contributed by atoms with Crippen LogP contribution in [0.3, 0.4) is 0 Å². The van der Waals surface area contributed by atoms with Crippen molar-refractivity contribution in [3.05, 3.63) is 23.8 Å². The number of aromatic nitrogens is 6. The number of aromatic amines is 2. The summed E-state index contributed by atoms with van der Waals surface area (Å²) in [5.74, 6) is 1.29. The summed E-state index contributed by atoms with van der Waals surface area (Å²) in [6.45, 7) is 2.39. The molecule has 0 fully saturated rings. The SMILES string of the molecule is CCCc1nc(C(=O)N(C)Cc2ncn[nH]2)n[nH]1. The number of amides is 1. The molecule has 0 spiro atoms. The molecule has 2 aromatic rings. The van der Waals surface area contributed by atoms with Gasteiger partial charge in [-0.25, -0.2) is 9.97 Å². The van der Waals surface area contributed by atoms with E-state index in [1.807, 2.05) is 6.92 Å². The summed E-state index contributed by atoms with van der Waals surface area (Å²) in [5, 5.41) is 13.1. The average Bonchev–Trinajstić information content (AvgIpc) is 3.00. The van der Waals surface area contributed by atoms with Crippen molar-refractivity contribution in [2.45, 2.75) is 26.3 Å². The van der Waals surface area contributed by atoms with Crippen LogP contribution in [0.5, 0.6) is 0 Å². The van der Waals surface area contributed by atoms with Crippen LogP contribution in [0.2, 0.25) is 0 Å². The van der Waals surface area contributed by atoms with Crippen molar-refractivity contribution < 1.29 is 4.79 Å². The Morgan fingerprint density at radius 3 is 2.89 bits per heavy atom. The lowest BCUT2D eigenvalue weighted by molar-refractivity contribution is 0.0770. The fraction of sp³-hybridized carbons (Fsp3) is 0.500. The number of carbonyl (C=O) groups excluding carboxylic acids is 1. The molecular weight excluding hydrogens is 234 g/mol. The van der Waals surface area contributed by atoms with Crippen LogP contribution in [-0.2, 0) is 13.0 Å². The van der Waals surface area contributed by atoms with Crippen molar-refractivity contribution in [2.75, 3.05) is 7.05 Å². The minimum Gasteiger partial charge on any atom is -0.331 e. The second-order valence-electron chi connectivity index (χ2n) is 3.95. The molecule has 0 aromatic carbocycles. The van der Waals surface area contributed by atoms with Crippen LogP contribution in [-0.4, -0.2) is 48.2 Å². The van der Waals surface area contributed by atoms with Gasteiger partial charge in [-0.15, -0.1) is 5.10 Å². The number of aryl methyl sites for hydroxylation is 1. The van der Waals surface area contributed by atoms with E-state index in [1.165, 1.54) is 11.2 Å². The Labute approximate surface area is 104 Å². The first kappa shape index (κ1) is 12.2. The molecule has 96 valence electrons. The number of nitrogens with zero attached hydrogens (tertiary/aromatic N) is 5. The molecule has 0 aliphatic carbocycles. The van der Waals surface area contributed by atoms with E-state index in [4.69, 9.17) is 0 Å². The molecule has 1 amide bonds. The smallest absolute Gasteiger partial charge is 0.293 e. The maximum absolute atomic E-state index is 12.0. The van der Waals surface area contributed by atoms with Crippen molar-refractivity contribution in [1.29, 1.82) is 0 Å². The summed E-state index contributed by atoms with van der Waals surface area (Å²) in [7, 11) is 1.67. The Morgan fingerprint density at radius 2 is 2.22 bits per heavy atom. The van der Waals surface area contributed by atoms with Crippen LogP contribution >= 0.6 is 0 Å². The highest BCUT2D eigenvalue weighted by Crippen LogP contribution is 2.02. The van der Waals surface area contributed by atoms with E-state index in [1.54, 1.807) is 7.05 Å². The second kappa shape index (κ2) is 5.39. The summed E-state index contributed by atoms with van der Waals surface area (Å²) in [6, 6.07) is 0. The molecule has 8 heteroatoms. The summed E-state index contributed by atoms with van der Waals surface area (Å²) in [4.78, 5) is 21.6. The number of nitrogens with one attached hydrogen (secondary N) is 2. The fourth-order valence-corrected chi connectivity index (χ4v) is 1.51. The van der Waals surface area contributed by atoms with E-state index >= 15 is 0 Å². The van der Waals surface area contributed by atoms with Gasteiger partial charge < -0.3 is 4.90 Å². The zero-order valence-corrected chi connectivity index (χ0v) is 10.3. The van der Waals surface area contributed by atoms with Gasteiger partial charge in [0.1, 0.15) is 18.0 Å². The minimum absolute atomic E-state index is 0.181. The molecule has 0 saturated heterocycles. The van der Waals surface area contributed by atoms with Crippen LogP contribution in [0.15, 0.2) is 6.33 Å². The van der Waals surface area contributed by atoms with Crippen LogP contribution in [0.25, 0.3) is 0 Å². The highest BCUT2D eigenvalue weighted by molar-refractivity contribution is 5.90. The summed E-state index contributed by atoms with van der Waals surface area (Å²) in [5.41, 5.74) is 0. The Bertz CT molecular complexity index is 504. The number of carbonyl (C=O) groups is 1. The van der Waals surface area contributed by atoms with Gasteiger partial charge in [-0.3, -0.25) is 15.0 Å². The number of H-pyrrole nitrogens is 2. The molecular formula is C10H15N7O. The number of rotatable bonds is 5. The maximum atomic E-state index is 12.0. The molecule has 8 nitrogen and oxygen atoms in total. The molecule has 0 bridgehead atoms. The number of hydrogen-bond donors (Lipinski definition) is 2. The topological polar surface area (TPSA) is 103 Å². The van der Waals surface area contributed by atoms with Crippen LogP contribution in [0, 0.1) is 0 Å². The summed E-state index contributed by atoms with van der Waals surface area (Å²) in [6.07, 6.45) is 3.14. The van der Waals surface area contributed by atoms with Gasteiger partial charge in [-0.2, -0.15) is 5.10 Å². The predicted octanol–water partition coefficient (Wildman–Crippen LogP) is 0.147. The molecule has 0 aliphatic heterocycles. The van der Waals surface area contributed by atoms with E-state index in [-0.39, 0.29) is 11.7 Å². The van der Waals surface area contributed by atoms with Crippen molar-refractivity contribution in [1.82, 2.24) is 35.3 Å². The Kier molecular flexibility index (Phi) is 3.66. The normalized spacial score (nSPS) is 10.6. The molecule has 0 aliphatic rings. The zero-order valence-electron chi connectivity index (χ0n) is 10.3. The third kappa shape index (κ3) is 2.70. The van der Waals surface area contributed by atoms with Gasteiger partial charge in [-0.1, -0.05) is 6.92 Å². The first-order valence-electron chi connectivity index (χ1n) is 5.71. The highest BCUT2D eigenvalue weighted by Gasteiger charge is 2.17. The molecule has 18 heavy (non-hydrogen) atoms. The zero-order chi connectivity index (χ0) is 13.0. The van der Waals surface area contributed by atoms with Crippen molar-refractivity contribution in [3.63, 3.8) is 0 Å². The monoisotopic (exact) mass is 249 g/mol. The van der Waals surface area contributed by atoms with Gasteiger partial charge >= 0.3 is 0 Å². The maximum Gasteiger partial charge on any atom is 0.293 e.